The van der Waals surface area contributed by atoms with E-state index in [9.17, 15) is 26.3 Å². The Morgan fingerprint density at radius 1 is 1.03 bits per heavy atom. The molecule has 4 heterocycles. The number of piperidine rings is 2. The Balaban J connectivity index is 1.31. The molecule has 204 valence electrons. The number of rotatable bonds is 5. The van der Waals surface area contributed by atoms with Gasteiger partial charge in [-0.15, -0.1) is 18.3 Å². The Morgan fingerprint density at radius 3 is 2.50 bits per heavy atom. The number of hydrogen-bond donors (Lipinski definition) is 0. The van der Waals surface area contributed by atoms with Crippen molar-refractivity contribution < 1.29 is 40.2 Å². The fraction of sp³-hybridized carbons (Fsp3) is 0.542. The molecule has 3 aromatic rings. The summed E-state index contributed by atoms with van der Waals surface area (Å²) < 4.78 is 97.6. The summed E-state index contributed by atoms with van der Waals surface area (Å²) >= 11 is 0. The summed E-state index contributed by atoms with van der Waals surface area (Å²) in [5.41, 5.74) is -3.44. The van der Waals surface area contributed by atoms with Gasteiger partial charge in [0.2, 0.25) is 5.89 Å². The van der Waals surface area contributed by atoms with Crippen LogP contribution < -0.4 is 14.4 Å². The summed E-state index contributed by atoms with van der Waals surface area (Å²) in [7, 11) is 1.99. The first-order valence-corrected chi connectivity index (χ1v) is 12.1. The van der Waals surface area contributed by atoms with Crippen LogP contribution in [0.4, 0.5) is 32.0 Å². The van der Waals surface area contributed by atoms with Gasteiger partial charge in [0.05, 0.1) is 5.41 Å². The van der Waals surface area contributed by atoms with Gasteiger partial charge in [0.1, 0.15) is 17.0 Å². The van der Waals surface area contributed by atoms with Gasteiger partial charge in [-0.3, -0.25) is 4.98 Å². The quantitative estimate of drug-likeness (QED) is 0.429. The Hall–Kier alpha value is -3.29. The summed E-state index contributed by atoms with van der Waals surface area (Å²) in [6.07, 6.45) is -7.34. The van der Waals surface area contributed by atoms with Gasteiger partial charge in [0.15, 0.2) is 5.75 Å². The predicted molar refractivity (Wildman–Crippen MR) is 121 cm³/mol. The standard InChI is InChI=1S/C24H23F6N5O3/c1-34-9-6-14(7-10-34)36-20-33-32-19(37-20)21-11-22(21,23(25,26)27)13-35(12-21)16-4-5-17(38-24(28,29)30)18-15(16)3-2-8-31-18/h2-5,8,14H,6-7,9-13H2,1H3/t21-,22-/m0/s1. The maximum atomic E-state index is 14.5. The van der Waals surface area contributed by atoms with Gasteiger partial charge in [-0.1, -0.05) is 5.10 Å². The van der Waals surface area contributed by atoms with Crippen molar-refractivity contribution in [1.29, 1.82) is 0 Å². The van der Waals surface area contributed by atoms with Crippen molar-refractivity contribution in [3.63, 3.8) is 0 Å². The Kier molecular flexibility index (Phi) is 5.50. The van der Waals surface area contributed by atoms with Gasteiger partial charge >= 0.3 is 18.6 Å². The second-order valence-corrected chi connectivity index (χ2v) is 10.2. The molecule has 1 aromatic carbocycles. The first-order chi connectivity index (χ1) is 17.9. The van der Waals surface area contributed by atoms with Gasteiger partial charge in [0, 0.05) is 43.4 Å². The number of alkyl halides is 6. The van der Waals surface area contributed by atoms with Crippen molar-refractivity contribution in [2.45, 2.75) is 43.3 Å². The molecule has 14 heteroatoms. The van der Waals surface area contributed by atoms with Crippen molar-refractivity contribution in [2.75, 3.05) is 38.1 Å². The number of hydrogen-bond acceptors (Lipinski definition) is 8. The van der Waals surface area contributed by atoms with Crippen LogP contribution in [0.3, 0.4) is 0 Å². The van der Waals surface area contributed by atoms with E-state index in [2.05, 4.69) is 24.8 Å². The third-order valence-electron chi connectivity index (χ3n) is 7.88. The van der Waals surface area contributed by atoms with Crippen LogP contribution in [0.2, 0.25) is 0 Å². The molecule has 8 nitrogen and oxygen atoms in total. The van der Waals surface area contributed by atoms with E-state index in [4.69, 9.17) is 9.15 Å². The third-order valence-corrected chi connectivity index (χ3v) is 7.88. The van der Waals surface area contributed by atoms with Crippen LogP contribution in [-0.4, -0.2) is 72.0 Å². The SMILES string of the molecule is CN1CCC(Oc2nnc([C@]34CN(c5ccc(OC(F)(F)F)c6ncccc56)C[C@@]3(C(F)(F)F)C4)o2)CC1. The molecule has 2 aromatic heterocycles. The number of benzene rings is 1. The lowest BCUT2D eigenvalue weighted by atomic mass is 9.95. The van der Waals surface area contributed by atoms with Crippen molar-refractivity contribution in [3.8, 4) is 11.8 Å². The summed E-state index contributed by atoms with van der Waals surface area (Å²) in [5, 5.41) is 8.08. The summed E-state index contributed by atoms with van der Waals surface area (Å²) in [6, 6.07) is 5.38. The van der Waals surface area contributed by atoms with E-state index in [1.165, 1.54) is 29.3 Å². The first-order valence-electron chi connectivity index (χ1n) is 12.1. The summed E-state index contributed by atoms with van der Waals surface area (Å²) in [6.45, 7) is 1.09. The highest BCUT2D eigenvalue weighted by Gasteiger charge is 2.86. The van der Waals surface area contributed by atoms with E-state index >= 15 is 0 Å². The maximum absolute atomic E-state index is 14.5. The minimum absolute atomic E-state index is 0.107. The fourth-order valence-electron chi connectivity index (χ4n) is 5.88. The topological polar surface area (TPSA) is 76.8 Å². The van der Waals surface area contributed by atoms with Crippen LogP contribution in [0, 0.1) is 5.41 Å². The predicted octanol–water partition coefficient (Wildman–Crippen LogP) is 4.70. The zero-order chi connectivity index (χ0) is 26.9. The van der Waals surface area contributed by atoms with Crippen molar-refractivity contribution in [2.24, 2.45) is 5.41 Å². The van der Waals surface area contributed by atoms with E-state index in [1.807, 2.05) is 7.05 Å². The third kappa shape index (κ3) is 4.00. The van der Waals surface area contributed by atoms with E-state index in [1.54, 1.807) is 0 Å². The number of ether oxygens (including phenoxy) is 2. The molecular weight excluding hydrogens is 520 g/mol. The molecular formula is C24H23F6N5O3. The van der Waals surface area contributed by atoms with Crippen LogP contribution in [0.1, 0.15) is 25.2 Å². The van der Waals surface area contributed by atoms with Gasteiger partial charge in [-0.25, -0.2) is 0 Å². The lowest BCUT2D eigenvalue weighted by molar-refractivity contribution is -0.274. The second kappa shape index (κ2) is 8.35. The molecule has 0 unspecified atom stereocenters. The fourth-order valence-corrected chi connectivity index (χ4v) is 5.88. The smallest absolute Gasteiger partial charge is 0.446 e. The second-order valence-electron chi connectivity index (χ2n) is 10.2. The minimum atomic E-state index is -4.95. The molecule has 2 saturated heterocycles. The van der Waals surface area contributed by atoms with Crippen molar-refractivity contribution in [3.05, 3.63) is 36.4 Å². The number of anilines is 1. The molecule has 0 radical (unpaired) electrons. The van der Waals surface area contributed by atoms with Gasteiger partial charge < -0.3 is 23.7 Å². The molecule has 6 rings (SSSR count). The van der Waals surface area contributed by atoms with Gasteiger partial charge in [-0.2, -0.15) is 13.2 Å². The maximum Gasteiger partial charge on any atom is 0.573 e. The number of likely N-dealkylation sites (tertiary alicyclic amines) is 1. The number of aromatic nitrogens is 3. The summed E-state index contributed by atoms with van der Waals surface area (Å²) in [4.78, 5) is 7.63. The van der Waals surface area contributed by atoms with E-state index in [0.717, 1.165) is 32.0 Å². The molecule has 0 spiro atoms. The molecule has 2 atom stereocenters. The average molecular weight is 543 g/mol. The Bertz CT molecular complexity index is 1360. The zero-order valence-corrected chi connectivity index (χ0v) is 20.1. The zero-order valence-electron chi connectivity index (χ0n) is 20.1. The highest BCUT2D eigenvalue weighted by molar-refractivity contribution is 5.96. The van der Waals surface area contributed by atoms with Crippen LogP contribution in [-0.2, 0) is 5.41 Å². The lowest BCUT2D eigenvalue weighted by Crippen LogP contribution is -2.35. The molecule has 38 heavy (non-hydrogen) atoms. The first kappa shape index (κ1) is 25.0. The van der Waals surface area contributed by atoms with E-state index < -0.39 is 35.7 Å². The largest absolute Gasteiger partial charge is 0.573 e. The molecule has 3 aliphatic rings. The highest BCUT2D eigenvalue weighted by atomic mass is 19.4. The normalized spacial score (nSPS) is 26.6. The Morgan fingerprint density at radius 2 is 1.79 bits per heavy atom. The average Bonchev–Trinajstić information content (AvgIpc) is 3.13. The van der Waals surface area contributed by atoms with E-state index in [-0.39, 0.29) is 41.9 Å². The highest BCUT2D eigenvalue weighted by Crippen LogP contribution is 2.75. The van der Waals surface area contributed by atoms with E-state index in [0.29, 0.717) is 5.69 Å². The molecule has 3 fully saturated rings. The van der Waals surface area contributed by atoms with Crippen LogP contribution >= 0.6 is 0 Å². The van der Waals surface area contributed by atoms with Crippen molar-refractivity contribution in [1.82, 2.24) is 20.1 Å². The number of halogens is 6. The van der Waals surface area contributed by atoms with Crippen LogP contribution in [0.25, 0.3) is 10.9 Å². The van der Waals surface area contributed by atoms with Crippen LogP contribution in [0.15, 0.2) is 34.9 Å². The molecule has 2 aliphatic heterocycles. The summed E-state index contributed by atoms with van der Waals surface area (Å²) in [5.74, 6) is -0.686. The van der Waals surface area contributed by atoms with Crippen LogP contribution in [0.5, 0.6) is 11.8 Å². The van der Waals surface area contributed by atoms with Crippen molar-refractivity contribution >= 4 is 16.6 Å². The molecule has 0 N–H and O–H groups in total. The minimum Gasteiger partial charge on any atom is -0.446 e. The molecule has 1 aliphatic carbocycles. The molecule has 0 amide bonds. The molecule has 1 saturated carbocycles. The number of pyridine rings is 1. The lowest BCUT2D eigenvalue weighted by Gasteiger charge is -2.27. The monoisotopic (exact) mass is 543 g/mol. The van der Waals surface area contributed by atoms with Gasteiger partial charge in [0.25, 0.3) is 0 Å². The molecule has 0 bridgehead atoms. The number of fused-ring (bicyclic) bond motifs is 2. The van der Waals surface area contributed by atoms with Gasteiger partial charge in [-0.05, 0) is 50.6 Å². The Labute approximate surface area is 212 Å². The number of nitrogens with zero attached hydrogens (tertiary/aromatic N) is 5.